The summed E-state index contributed by atoms with van der Waals surface area (Å²) in [6.45, 7) is 3.74. The van der Waals surface area contributed by atoms with Crippen LogP contribution in [-0.2, 0) is 0 Å². The van der Waals surface area contributed by atoms with E-state index in [9.17, 15) is 10.1 Å². The maximum atomic E-state index is 10.7. The third-order valence-corrected chi connectivity index (χ3v) is 2.84. The zero-order valence-electron chi connectivity index (χ0n) is 11.1. The van der Waals surface area contributed by atoms with Crippen LogP contribution in [0.5, 0.6) is 5.88 Å². The number of hydrogen-bond acceptors (Lipinski definition) is 6. The summed E-state index contributed by atoms with van der Waals surface area (Å²) in [5, 5.41) is 20.0. The fourth-order valence-corrected chi connectivity index (χ4v) is 1.87. The van der Waals surface area contributed by atoms with Gasteiger partial charge in [-0.1, -0.05) is 23.2 Å². The maximum absolute atomic E-state index is 10.7. The number of H-pyrrole nitrogens is 1. The molecule has 21 heavy (non-hydrogen) atoms. The third kappa shape index (κ3) is 3.73. The molecule has 2 heterocycles. The van der Waals surface area contributed by atoms with Gasteiger partial charge in [0.2, 0.25) is 11.0 Å². The highest BCUT2D eigenvalue weighted by molar-refractivity contribution is 6.35. The number of rotatable bonds is 5. The monoisotopic (exact) mass is 331 g/mol. The van der Waals surface area contributed by atoms with Gasteiger partial charge in [0.1, 0.15) is 5.82 Å². The summed E-state index contributed by atoms with van der Waals surface area (Å²) in [6, 6.07) is 2.73. The number of nitrogens with one attached hydrogen (secondary N) is 2. The Bertz CT molecular complexity index is 674. The lowest BCUT2D eigenvalue weighted by Crippen LogP contribution is -2.05. The minimum atomic E-state index is -0.657. The molecule has 0 amide bonds. The first-order chi connectivity index (χ1) is 9.86. The molecule has 2 aromatic rings. The molecule has 112 valence electrons. The molecule has 2 aromatic heterocycles. The minimum Gasteiger partial charge on any atom is -0.474 e. The normalized spacial score (nSPS) is 10.7. The fraction of sp³-hybridized carbons (Fsp3) is 0.273. The van der Waals surface area contributed by atoms with Crippen LogP contribution in [0.3, 0.4) is 0 Å². The highest BCUT2D eigenvalue weighted by Crippen LogP contribution is 2.32. The van der Waals surface area contributed by atoms with Gasteiger partial charge in [-0.3, -0.25) is 15.2 Å². The molecule has 0 aromatic carbocycles. The second kappa shape index (κ2) is 6.15. The van der Waals surface area contributed by atoms with E-state index in [0.29, 0.717) is 11.7 Å². The first-order valence-corrected chi connectivity index (χ1v) is 6.62. The second-order valence-electron chi connectivity index (χ2n) is 4.30. The van der Waals surface area contributed by atoms with E-state index in [4.69, 9.17) is 27.9 Å². The third-order valence-electron chi connectivity index (χ3n) is 2.27. The van der Waals surface area contributed by atoms with Crippen molar-refractivity contribution in [2.24, 2.45) is 0 Å². The predicted octanol–water partition coefficient (Wildman–Crippen LogP) is 3.55. The predicted molar refractivity (Wildman–Crippen MR) is 78.5 cm³/mol. The molecule has 0 atom stereocenters. The average Bonchev–Trinajstić information content (AvgIpc) is 2.79. The average molecular weight is 332 g/mol. The Hall–Kier alpha value is -2.06. The minimum absolute atomic E-state index is 0.0170. The molecule has 0 saturated carbocycles. The zero-order valence-corrected chi connectivity index (χ0v) is 12.6. The molecular formula is C11H11Cl2N5O3. The van der Waals surface area contributed by atoms with Gasteiger partial charge in [-0.15, -0.1) is 5.10 Å². The Morgan fingerprint density at radius 3 is 2.76 bits per heavy atom. The number of aromatic amines is 1. The van der Waals surface area contributed by atoms with E-state index >= 15 is 0 Å². The van der Waals surface area contributed by atoms with Gasteiger partial charge in [0.25, 0.3) is 0 Å². The molecule has 2 N–H and O–H groups in total. The Morgan fingerprint density at radius 1 is 1.43 bits per heavy atom. The van der Waals surface area contributed by atoms with E-state index < -0.39 is 4.92 Å². The Balaban J connectivity index is 2.21. The summed E-state index contributed by atoms with van der Waals surface area (Å²) in [5.41, 5.74) is -0.361. The van der Waals surface area contributed by atoms with E-state index in [1.807, 2.05) is 13.8 Å². The van der Waals surface area contributed by atoms with Gasteiger partial charge >= 0.3 is 5.69 Å². The number of ether oxygens (including phenoxy) is 1. The van der Waals surface area contributed by atoms with Crippen molar-refractivity contribution < 1.29 is 9.66 Å². The van der Waals surface area contributed by atoms with Crippen LogP contribution in [0, 0.1) is 10.1 Å². The molecule has 0 aliphatic carbocycles. The summed E-state index contributed by atoms with van der Waals surface area (Å²) >= 11 is 11.7. The molecule has 8 nitrogen and oxygen atoms in total. The Labute approximate surface area is 129 Å². The van der Waals surface area contributed by atoms with Crippen LogP contribution >= 0.6 is 23.2 Å². The summed E-state index contributed by atoms with van der Waals surface area (Å²) in [5.74, 6) is 1.04. The number of halogens is 2. The van der Waals surface area contributed by atoms with Crippen molar-refractivity contribution in [2.45, 2.75) is 20.0 Å². The molecule has 0 aliphatic heterocycles. The smallest absolute Gasteiger partial charge is 0.308 e. The van der Waals surface area contributed by atoms with Crippen molar-refractivity contribution in [3.8, 4) is 5.88 Å². The lowest BCUT2D eigenvalue weighted by molar-refractivity contribution is -0.385. The van der Waals surface area contributed by atoms with Gasteiger partial charge in [-0.25, -0.2) is 4.98 Å². The van der Waals surface area contributed by atoms with Crippen LogP contribution in [-0.4, -0.2) is 26.2 Å². The van der Waals surface area contributed by atoms with Crippen molar-refractivity contribution in [2.75, 3.05) is 5.32 Å². The molecular weight excluding hydrogens is 321 g/mol. The highest BCUT2D eigenvalue weighted by atomic mass is 35.5. The van der Waals surface area contributed by atoms with E-state index in [-0.39, 0.29) is 27.8 Å². The molecule has 10 heteroatoms. The molecule has 0 saturated heterocycles. The lowest BCUT2D eigenvalue weighted by atomic mass is 10.4. The number of anilines is 2. The van der Waals surface area contributed by atoms with E-state index in [0.717, 1.165) is 6.07 Å². The number of hydrogen-bond donors (Lipinski definition) is 2. The Kier molecular flexibility index (Phi) is 4.49. The van der Waals surface area contributed by atoms with Crippen LogP contribution in [0.1, 0.15) is 13.8 Å². The van der Waals surface area contributed by atoms with Gasteiger partial charge < -0.3 is 10.1 Å². The van der Waals surface area contributed by atoms with Gasteiger partial charge in [0, 0.05) is 12.1 Å². The molecule has 0 radical (unpaired) electrons. The molecule has 0 fully saturated rings. The first-order valence-electron chi connectivity index (χ1n) is 5.86. The van der Waals surface area contributed by atoms with Crippen LogP contribution in [0.2, 0.25) is 10.2 Å². The molecule has 0 aliphatic rings. The standard InChI is InChI=1S/C11H11Cl2N5O3/c1-5(2)21-9-4-8(16-17-9)14-11-6(12)3-7(18(19)20)10(13)15-11/h3-5H,1-2H3,(H2,14,15,16,17). The van der Waals surface area contributed by atoms with Gasteiger partial charge in [-0.2, -0.15) is 0 Å². The van der Waals surface area contributed by atoms with E-state index in [1.165, 1.54) is 0 Å². The van der Waals surface area contributed by atoms with E-state index in [2.05, 4.69) is 20.5 Å². The van der Waals surface area contributed by atoms with Crippen molar-refractivity contribution in [3.63, 3.8) is 0 Å². The second-order valence-corrected chi connectivity index (χ2v) is 5.06. The molecule has 0 bridgehead atoms. The number of aromatic nitrogens is 3. The van der Waals surface area contributed by atoms with Crippen LogP contribution in [0.25, 0.3) is 0 Å². The zero-order chi connectivity index (χ0) is 15.6. The topological polar surface area (TPSA) is 106 Å². The van der Waals surface area contributed by atoms with Crippen LogP contribution < -0.4 is 10.1 Å². The number of nitro groups is 1. The van der Waals surface area contributed by atoms with Crippen LogP contribution in [0.15, 0.2) is 12.1 Å². The van der Waals surface area contributed by atoms with Gasteiger partial charge in [-0.05, 0) is 13.8 Å². The molecule has 0 spiro atoms. The molecule has 2 rings (SSSR count). The van der Waals surface area contributed by atoms with Crippen molar-refractivity contribution >= 4 is 40.5 Å². The number of nitrogens with zero attached hydrogens (tertiary/aromatic N) is 3. The van der Waals surface area contributed by atoms with Crippen molar-refractivity contribution in [1.82, 2.24) is 15.2 Å². The summed E-state index contributed by atoms with van der Waals surface area (Å²) in [6.07, 6.45) is -0.0170. The van der Waals surface area contributed by atoms with Crippen LogP contribution in [0.4, 0.5) is 17.3 Å². The largest absolute Gasteiger partial charge is 0.474 e. The van der Waals surface area contributed by atoms with Gasteiger partial charge in [0.15, 0.2) is 5.82 Å². The van der Waals surface area contributed by atoms with Crippen molar-refractivity contribution in [1.29, 1.82) is 0 Å². The quantitative estimate of drug-likeness (QED) is 0.493. The lowest BCUT2D eigenvalue weighted by Gasteiger charge is -2.06. The van der Waals surface area contributed by atoms with E-state index in [1.54, 1.807) is 6.07 Å². The maximum Gasteiger partial charge on any atom is 0.308 e. The first kappa shape index (κ1) is 15.3. The fourth-order valence-electron chi connectivity index (χ4n) is 1.47. The highest BCUT2D eigenvalue weighted by Gasteiger charge is 2.18. The number of pyridine rings is 1. The SMILES string of the molecule is CC(C)Oc1cc(Nc2nc(Cl)c([N+](=O)[O-])cc2Cl)[nH]n1. The van der Waals surface area contributed by atoms with Gasteiger partial charge in [0.05, 0.1) is 16.0 Å². The summed E-state index contributed by atoms with van der Waals surface area (Å²) < 4.78 is 5.39. The van der Waals surface area contributed by atoms with Crippen molar-refractivity contribution in [3.05, 3.63) is 32.4 Å². The summed E-state index contributed by atoms with van der Waals surface area (Å²) in [4.78, 5) is 13.9. The Morgan fingerprint density at radius 2 is 2.14 bits per heavy atom. The summed E-state index contributed by atoms with van der Waals surface area (Å²) in [7, 11) is 0. The molecule has 0 unspecified atom stereocenters.